The lowest BCUT2D eigenvalue weighted by Gasteiger charge is -2.46. The molecule has 0 aromatic heterocycles. The van der Waals surface area contributed by atoms with Crippen LogP contribution in [-0.4, -0.2) is 30.4 Å². The van der Waals surface area contributed by atoms with Gasteiger partial charge in [-0.3, -0.25) is 4.79 Å². The summed E-state index contributed by atoms with van der Waals surface area (Å²) in [5.74, 6) is -0.446. The zero-order chi connectivity index (χ0) is 19.7. The summed E-state index contributed by atoms with van der Waals surface area (Å²) in [5.41, 5.74) is 0.317. The molecule has 0 atom stereocenters. The van der Waals surface area contributed by atoms with Gasteiger partial charge in [-0.15, -0.1) is 11.8 Å². The lowest BCUT2D eigenvalue weighted by atomic mass is 9.65. The van der Waals surface area contributed by atoms with E-state index >= 15 is 0 Å². The number of halogens is 3. The molecule has 2 aliphatic rings. The Morgan fingerprint density at radius 1 is 1.19 bits per heavy atom. The summed E-state index contributed by atoms with van der Waals surface area (Å²) in [4.78, 5) is 13.6. The Balaban J connectivity index is 1.65. The van der Waals surface area contributed by atoms with E-state index in [1.165, 1.54) is 23.9 Å². The number of aliphatic carboxylic acids is 1. The van der Waals surface area contributed by atoms with Crippen LogP contribution in [0.5, 0.6) is 0 Å². The molecule has 27 heavy (non-hydrogen) atoms. The summed E-state index contributed by atoms with van der Waals surface area (Å²) in [6, 6.07) is 4.33. The van der Waals surface area contributed by atoms with E-state index < -0.39 is 17.7 Å². The molecule has 0 radical (unpaired) electrons. The second-order valence-electron chi connectivity index (χ2n) is 7.95. The third-order valence-corrected chi connectivity index (χ3v) is 6.98. The second-order valence-corrected chi connectivity index (χ2v) is 8.83. The number of carboxylic acids is 1. The van der Waals surface area contributed by atoms with E-state index in [4.69, 9.17) is 5.11 Å². The molecule has 1 aliphatic heterocycles. The van der Waals surface area contributed by atoms with Crippen LogP contribution in [0.4, 0.5) is 18.9 Å². The predicted octanol–water partition coefficient (Wildman–Crippen LogP) is 5.68. The number of hydrogen-bond acceptors (Lipinski definition) is 3. The fraction of sp³-hybridized carbons (Fsp3) is 0.650. The highest BCUT2D eigenvalue weighted by atomic mass is 32.2. The summed E-state index contributed by atoms with van der Waals surface area (Å²) in [5, 5.41) is 8.96. The lowest BCUT2D eigenvalue weighted by molar-refractivity contribution is -0.139. The third-order valence-electron chi connectivity index (χ3n) is 6.27. The zero-order valence-corrected chi connectivity index (χ0v) is 16.3. The fourth-order valence-corrected chi connectivity index (χ4v) is 5.01. The highest BCUT2D eigenvalue weighted by Gasteiger charge is 2.39. The van der Waals surface area contributed by atoms with Crippen LogP contribution in [0.1, 0.15) is 50.5 Å². The van der Waals surface area contributed by atoms with Gasteiger partial charge in [0.25, 0.3) is 0 Å². The average molecular weight is 401 g/mol. The molecule has 3 rings (SSSR count). The van der Waals surface area contributed by atoms with Crippen LogP contribution in [0.3, 0.4) is 0 Å². The van der Waals surface area contributed by atoms with Crippen molar-refractivity contribution in [3.8, 4) is 0 Å². The first-order chi connectivity index (χ1) is 12.7. The molecule has 1 heterocycles. The quantitative estimate of drug-likeness (QED) is 0.659. The van der Waals surface area contributed by atoms with Gasteiger partial charge in [0.05, 0.1) is 5.56 Å². The summed E-state index contributed by atoms with van der Waals surface area (Å²) in [6.45, 7) is 1.53. The molecule has 1 N–H and O–H groups in total. The molecule has 1 aliphatic carbocycles. The van der Waals surface area contributed by atoms with Crippen molar-refractivity contribution in [3.63, 3.8) is 0 Å². The molecule has 1 aromatic carbocycles. The van der Waals surface area contributed by atoms with E-state index in [1.807, 2.05) is 6.07 Å². The van der Waals surface area contributed by atoms with Gasteiger partial charge in [-0.2, -0.15) is 13.2 Å². The van der Waals surface area contributed by atoms with Gasteiger partial charge in [0.1, 0.15) is 0 Å². The molecule has 3 nitrogen and oxygen atoms in total. The van der Waals surface area contributed by atoms with Gasteiger partial charge in [0.15, 0.2) is 0 Å². The number of carboxylic acid groups (broad SMARTS) is 1. The van der Waals surface area contributed by atoms with E-state index in [2.05, 4.69) is 4.90 Å². The van der Waals surface area contributed by atoms with Crippen molar-refractivity contribution >= 4 is 23.4 Å². The molecule has 0 bridgehead atoms. The topological polar surface area (TPSA) is 40.5 Å². The second kappa shape index (κ2) is 7.94. The highest BCUT2D eigenvalue weighted by Crippen LogP contribution is 2.48. The minimum Gasteiger partial charge on any atom is -0.481 e. The van der Waals surface area contributed by atoms with E-state index in [0.29, 0.717) is 10.6 Å². The summed E-state index contributed by atoms with van der Waals surface area (Å²) in [6.07, 6.45) is 3.63. The van der Waals surface area contributed by atoms with Crippen LogP contribution in [0.15, 0.2) is 23.1 Å². The Morgan fingerprint density at radius 2 is 1.81 bits per heavy atom. The molecule has 1 aromatic rings. The number of nitrogens with zero attached hydrogens (tertiary/aromatic N) is 1. The van der Waals surface area contributed by atoms with Crippen molar-refractivity contribution in [2.75, 3.05) is 24.2 Å². The van der Waals surface area contributed by atoms with Crippen molar-refractivity contribution in [1.82, 2.24) is 0 Å². The Hall–Kier alpha value is -1.37. The number of thioether (sulfide) groups is 1. The van der Waals surface area contributed by atoms with Gasteiger partial charge in [0.2, 0.25) is 0 Å². The summed E-state index contributed by atoms with van der Waals surface area (Å²) in [7, 11) is 0. The number of alkyl halides is 3. The van der Waals surface area contributed by atoms with Crippen molar-refractivity contribution in [2.45, 2.75) is 56.0 Å². The van der Waals surface area contributed by atoms with Crippen LogP contribution in [0.2, 0.25) is 0 Å². The van der Waals surface area contributed by atoms with Crippen molar-refractivity contribution in [3.05, 3.63) is 23.8 Å². The Bertz CT molecular complexity index is 674. The molecule has 7 heteroatoms. The molecular formula is C20H26F3NO2S. The predicted molar refractivity (Wildman–Crippen MR) is 101 cm³/mol. The van der Waals surface area contributed by atoms with Gasteiger partial charge >= 0.3 is 12.1 Å². The van der Waals surface area contributed by atoms with E-state index in [0.717, 1.165) is 51.6 Å². The summed E-state index contributed by atoms with van der Waals surface area (Å²) >= 11 is 1.33. The smallest absolute Gasteiger partial charge is 0.416 e. The number of carbonyl (C=O) groups is 1. The van der Waals surface area contributed by atoms with Crippen LogP contribution in [0.25, 0.3) is 0 Å². The van der Waals surface area contributed by atoms with E-state index in [1.54, 1.807) is 6.26 Å². The maximum atomic E-state index is 13.2. The zero-order valence-electron chi connectivity index (χ0n) is 15.5. The van der Waals surface area contributed by atoms with Gasteiger partial charge in [-0.1, -0.05) is 0 Å². The SMILES string of the molecule is CSc1cc(N2CCC3(CCC(CC(=O)O)CC3)CC2)cc(C(F)(F)F)c1. The average Bonchev–Trinajstić information content (AvgIpc) is 2.63. The molecule has 0 amide bonds. The first-order valence-electron chi connectivity index (χ1n) is 9.44. The molecule has 0 unspecified atom stereocenters. The van der Waals surface area contributed by atoms with E-state index in [-0.39, 0.29) is 17.8 Å². The minimum atomic E-state index is -4.33. The van der Waals surface area contributed by atoms with Crippen LogP contribution in [-0.2, 0) is 11.0 Å². The Morgan fingerprint density at radius 3 is 2.33 bits per heavy atom. The number of hydrogen-bond donors (Lipinski definition) is 1. The standard InChI is InChI=1S/C20H26F3NO2S/c1-27-17-12-15(20(21,22)23)11-16(13-17)24-8-6-19(7-9-24)4-2-14(3-5-19)10-18(25)26/h11-14H,2-10H2,1H3,(H,25,26). The minimum absolute atomic E-state index is 0.246. The molecular weight excluding hydrogens is 375 g/mol. The van der Waals surface area contributed by atoms with Gasteiger partial charge in [0, 0.05) is 30.1 Å². The third kappa shape index (κ3) is 4.92. The number of anilines is 1. The molecule has 150 valence electrons. The first kappa shape index (κ1) is 20.4. The van der Waals surface area contributed by atoms with Gasteiger partial charge < -0.3 is 10.0 Å². The van der Waals surface area contributed by atoms with Gasteiger partial charge in [-0.05, 0) is 74.3 Å². The summed E-state index contributed by atoms with van der Waals surface area (Å²) < 4.78 is 39.6. The maximum absolute atomic E-state index is 13.2. The Labute approximate surface area is 162 Å². The highest BCUT2D eigenvalue weighted by molar-refractivity contribution is 7.98. The molecule has 1 saturated carbocycles. The monoisotopic (exact) mass is 401 g/mol. The molecule has 2 fully saturated rings. The van der Waals surface area contributed by atoms with Crippen molar-refractivity contribution in [1.29, 1.82) is 0 Å². The first-order valence-corrected chi connectivity index (χ1v) is 10.7. The number of piperidine rings is 1. The van der Waals surface area contributed by atoms with Crippen LogP contribution in [0, 0.1) is 11.3 Å². The molecule has 1 saturated heterocycles. The number of benzene rings is 1. The van der Waals surface area contributed by atoms with Crippen molar-refractivity contribution < 1.29 is 23.1 Å². The van der Waals surface area contributed by atoms with Crippen molar-refractivity contribution in [2.24, 2.45) is 11.3 Å². The largest absolute Gasteiger partial charge is 0.481 e. The van der Waals surface area contributed by atoms with Crippen LogP contribution < -0.4 is 4.90 Å². The number of rotatable bonds is 4. The fourth-order valence-electron chi connectivity index (χ4n) is 4.53. The maximum Gasteiger partial charge on any atom is 0.416 e. The van der Waals surface area contributed by atoms with E-state index in [9.17, 15) is 18.0 Å². The van der Waals surface area contributed by atoms with Crippen LogP contribution >= 0.6 is 11.8 Å². The molecule has 1 spiro atoms. The lowest BCUT2D eigenvalue weighted by Crippen LogP contribution is -2.42. The Kier molecular flexibility index (Phi) is 5.99. The normalized spacial score (nSPS) is 20.8. The van der Waals surface area contributed by atoms with Gasteiger partial charge in [-0.25, -0.2) is 0 Å².